The van der Waals surface area contributed by atoms with Crippen LogP contribution in [0.1, 0.15) is 84.6 Å². The SMILES string of the molecule is COc1cccc(CN2CCC(c3nc(C)ccc3C(=O)N3CCC[C@H]4CCCC[C@@H]43)CC2)c1. The van der Waals surface area contributed by atoms with Gasteiger partial charge in [-0.3, -0.25) is 14.7 Å². The number of amides is 1. The van der Waals surface area contributed by atoms with Crippen molar-refractivity contribution >= 4 is 5.91 Å². The van der Waals surface area contributed by atoms with E-state index in [1.54, 1.807) is 7.11 Å². The highest BCUT2D eigenvalue weighted by Gasteiger charge is 2.37. The van der Waals surface area contributed by atoms with Crippen LogP contribution in [0.3, 0.4) is 0 Å². The van der Waals surface area contributed by atoms with Gasteiger partial charge in [-0.25, -0.2) is 0 Å². The van der Waals surface area contributed by atoms with Crippen LogP contribution in [0.15, 0.2) is 36.4 Å². The standard InChI is InChI=1S/C29H39N3O2/c1-21-12-13-26(29(33)32-16-6-9-23-8-3-4-11-27(23)32)28(30-21)24-14-17-31(18-15-24)20-22-7-5-10-25(19-22)34-2/h5,7,10,12-13,19,23-24,27H,3-4,6,8-9,11,14-18,20H2,1-2H3/t23-,27+/m1/s1. The van der Waals surface area contributed by atoms with Crippen LogP contribution in [0.2, 0.25) is 0 Å². The van der Waals surface area contributed by atoms with Gasteiger partial charge in [-0.2, -0.15) is 0 Å². The van der Waals surface area contributed by atoms with Crippen LogP contribution < -0.4 is 4.74 Å². The zero-order valence-electron chi connectivity index (χ0n) is 20.8. The predicted molar refractivity (Wildman–Crippen MR) is 135 cm³/mol. The monoisotopic (exact) mass is 461 g/mol. The van der Waals surface area contributed by atoms with Crippen LogP contribution in [0, 0.1) is 12.8 Å². The van der Waals surface area contributed by atoms with E-state index in [0.717, 1.165) is 68.1 Å². The van der Waals surface area contributed by atoms with Crippen molar-refractivity contribution in [2.75, 3.05) is 26.7 Å². The summed E-state index contributed by atoms with van der Waals surface area (Å²) in [6.45, 7) is 5.95. The number of aryl methyl sites for hydroxylation is 1. The summed E-state index contributed by atoms with van der Waals surface area (Å²) in [7, 11) is 1.72. The van der Waals surface area contributed by atoms with Crippen molar-refractivity contribution < 1.29 is 9.53 Å². The molecule has 2 atom stereocenters. The number of rotatable bonds is 5. The molecule has 5 rings (SSSR count). The van der Waals surface area contributed by atoms with Crippen LogP contribution in [-0.4, -0.2) is 53.5 Å². The molecule has 2 aromatic rings. The predicted octanol–water partition coefficient (Wildman–Crippen LogP) is 5.57. The Hall–Kier alpha value is -2.40. The first-order valence-corrected chi connectivity index (χ1v) is 13.3. The first kappa shape index (κ1) is 23.3. The Bertz CT molecular complexity index is 997. The number of fused-ring (bicyclic) bond motifs is 1. The first-order valence-electron chi connectivity index (χ1n) is 13.3. The van der Waals surface area contributed by atoms with Crippen LogP contribution in [0.4, 0.5) is 0 Å². The molecule has 1 aliphatic carbocycles. The summed E-state index contributed by atoms with van der Waals surface area (Å²) in [5.74, 6) is 2.20. The summed E-state index contributed by atoms with van der Waals surface area (Å²) >= 11 is 0. The second-order valence-electron chi connectivity index (χ2n) is 10.5. The highest BCUT2D eigenvalue weighted by atomic mass is 16.5. The van der Waals surface area contributed by atoms with E-state index >= 15 is 0 Å². The van der Waals surface area contributed by atoms with E-state index in [1.807, 2.05) is 19.1 Å². The lowest BCUT2D eigenvalue weighted by atomic mass is 9.78. The summed E-state index contributed by atoms with van der Waals surface area (Å²) in [5.41, 5.74) is 4.21. The third-order valence-corrected chi connectivity index (χ3v) is 8.31. The van der Waals surface area contributed by atoms with Crippen LogP contribution in [-0.2, 0) is 6.54 Å². The first-order chi connectivity index (χ1) is 16.6. The van der Waals surface area contributed by atoms with Gasteiger partial charge in [-0.15, -0.1) is 0 Å². The molecule has 1 aromatic carbocycles. The van der Waals surface area contributed by atoms with E-state index in [-0.39, 0.29) is 5.91 Å². The number of hydrogen-bond donors (Lipinski definition) is 0. The van der Waals surface area contributed by atoms with Crippen molar-refractivity contribution in [2.45, 2.75) is 76.8 Å². The number of ether oxygens (including phenoxy) is 1. The second-order valence-corrected chi connectivity index (χ2v) is 10.5. The Morgan fingerprint density at radius 3 is 2.62 bits per heavy atom. The summed E-state index contributed by atoms with van der Waals surface area (Å²) in [6.07, 6.45) is 9.58. The molecule has 5 heteroatoms. The molecular weight excluding hydrogens is 422 g/mol. The Balaban J connectivity index is 1.29. The number of piperidine rings is 2. The summed E-state index contributed by atoms with van der Waals surface area (Å²) in [4.78, 5) is 23.6. The Kier molecular flexibility index (Phi) is 7.19. The zero-order valence-corrected chi connectivity index (χ0v) is 20.8. The minimum Gasteiger partial charge on any atom is -0.497 e. The molecule has 2 aliphatic heterocycles. The van der Waals surface area contributed by atoms with E-state index in [1.165, 1.54) is 37.7 Å². The molecule has 1 amide bonds. The fraction of sp³-hybridized carbons (Fsp3) is 0.586. The van der Waals surface area contributed by atoms with Gasteiger partial charge < -0.3 is 9.64 Å². The molecule has 3 heterocycles. The highest BCUT2D eigenvalue weighted by molar-refractivity contribution is 5.95. The smallest absolute Gasteiger partial charge is 0.255 e. The van der Waals surface area contributed by atoms with Crippen molar-refractivity contribution in [3.05, 3.63) is 58.9 Å². The largest absolute Gasteiger partial charge is 0.497 e. The fourth-order valence-corrected chi connectivity index (χ4v) is 6.49. The van der Waals surface area contributed by atoms with E-state index in [4.69, 9.17) is 9.72 Å². The van der Waals surface area contributed by atoms with Gasteiger partial charge >= 0.3 is 0 Å². The van der Waals surface area contributed by atoms with Crippen molar-refractivity contribution in [3.8, 4) is 5.75 Å². The Morgan fingerprint density at radius 1 is 1.00 bits per heavy atom. The maximum atomic E-state index is 13.9. The highest BCUT2D eigenvalue weighted by Crippen LogP contribution is 2.37. The summed E-state index contributed by atoms with van der Waals surface area (Å²) < 4.78 is 5.39. The number of carbonyl (C=O) groups is 1. The van der Waals surface area contributed by atoms with Crippen molar-refractivity contribution in [1.29, 1.82) is 0 Å². The molecule has 182 valence electrons. The normalized spacial score (nSPS) is 24.0. The van der Waals surface area contributed by atoms with Crippen LogP contribution >= 0.6 is 0 Å². The molecule has 1 saturated carbocycles. The number of pyridine rings is 1. The molecule has 0 N–H and O–H groups in total. The minimum atomic E-state index is 0.234. The molecule has 0 bridgehead atoms. The average molecular weight is 462 g/mol. The van der Waals surface area contributed by atoms with Gasteiger partial charge in [0.15, 0.2) is 0 Å². The summed E-state index contributed by atoms with van der Waals surface area (Å²) in [6, 6.07) is 12.9. The number of likely N-dealkylation sites (tertiary alicyclic amines) is 2. The van der Waals surface area contributed by atoms with E-state index < -0.39 is 0 Å². The van der Waals surface area contributed by atoms with E-state index in [2.05, 4.69) is 34.1 Å². The average Bonchev–Trinajstić information content (AvgIpc) is 2.88. The topological polar surface area (TPSA) is 45.7 Å². The number of nitrogens with zero attached hydrogens (tertiary/aromatic N) is 3. The van der Waals surface area contributed by atoms with Gasteiger partial charge in [0.1, 0.15) is 5.75 Å². The van der Waals surface area contributed by atoms with Gasteiger partial charge in [0.2, 0.25) is 0 Å². The minimum absolute atomic E-state index is 0.234. The van der Waals surface area contributed by atoms with Gasteiger partial charge in [0, 0.05) is 30.7 Å². The third-order valence-electron chi connectivity index (χ3n) is 8.31. The molecule has 3 fully saturated rings. The van der Waals surface area contributed by atoms with Crippen LogP contribution in [0.25, 0.3) is 0 Å². The lowest BCUT2D eigenvalue weighted by Gasteiger charge is -2.44. The van der Waals surface area contributed by atoms with Crippen molar-refractivity contribution in [3.63, 3.8) is 0 Å². The number of carbonyl (C=O) groups excluding carboxylic acids is 1. The van der Waals surface area contributed by atoms with Gasteiger partial charge in [-0.05, 0) is 94.3 Å². The number of hydrogen-bond acceptors (Lipinski definition) is 4. The molecular formula is C29H39N3O2. The Morgan fingerprint density at radius 2 is 1.79 bits per heavy atom. The van der Waals surface area contributed by atoms with E-state index in [9.17, 15) is 4.79 Å². The lowest BCUT2D eigenvalue weighted by Crippen LogP contribution is -2.50. The van der Waals surface area contributed by atoms with Gasteiger partial charge in [0.25, 0.3) is 5.91 Å². The number of methoxy groups -OCH3 is 1. The van der Waals surface area contributed by atoms with Crippen LogP contribution in [0.5, 0.6) is 5.75 Å². The molecule has 0 radical (unpaired) electrons. The maximum absolute atomic E-state index is 13.9. The molecule has 5 nitrogen and oxygen atoms in total. The molecule has 2 saturated heterocycles. The molecule has 3 aliphatic rings. The van der Waals surface area contributed by atoms with Crippen molar-refractivity contribution in [1.82, 2.24) is 14.8 Å². The number of aromatic nitrogens is 1. The van der Waals surface area contributed by atoms with Crippen molar-refractivity contribution in [2.24, 2.45) is 5.92 Å². The molecule has 34 heavy (non-hydrogen) atoms. The molecule has 0 spiro atoms. The Labute approximate surface area is 204 Å². The third kappa shape index (κ3) is 5.00. The van der Waals surface area contributed by atoms with Gasteiger partial charge in [0.05, 0.1) is 18.4 Å². The quantitative estimate of drug-likeness (QED) is 0.584. The summed E-state index contributed by atoms with van der Waals surface area (Å²) in [5, 5.41) is 0. The van der Waals surface area contributed by atoms with E-state index in [0.29, 0.717) is 17.9 Å². The second kappa shape index (κ2) is 10.5. The van der Waals surface area contributed by atoms with Gasteiger partial charge in [-0.1, -0.05) is 25.0 Å². The maximum Gasteiger partial charge on any atom is 0.255 e. The fourth-order valence-electron chi connectivity index (χ4n) is 6.49. The molecule has 1 aromatic heterocycles. The lowest BCUT2D eigenvalue weighted by molar-refractivity contribution is 0.0388. The number of benzene rings is 1. The molecule has 0 unspecified atom stereocenters. The zero-order chi connectivity index (χ0) is 23.5.